The molecule has 0 aliphatic carbocycles. The summed E-state index contributed by atoms with van der Waals surface area (Å²) in [7, 11) is 0. The lowest BCUT2D eigenvalue weighted by atomic mass is 10.1. The van der Waals surface area contributed by atoms with Crippen LogP contribution in [0.5, 0.6) is 0 Å². The molecule has 1 aromatic carbocycles. The Balaban J connectivity index is 2.86. The maximum atomic E-state index is 13.5. The zero-order valence-electron chi connectivity index (χ0n) is 10.1. The molecule has 8 heteroatoms. The van der Waals surface area contributed by atoms with Gasteiger partial charge in [-0.1, -0.05) is 6.07 Å². The molecule has 0 radical (unpaired) electrons. The third-order valence-electron chi connectivity index (χ3n) is 2.44. The number of nitrogens with one attached hydrogen (secondary N) is 1. The number of carboxylic acids is 2. The Morgan fingerprint density at radius 1 is 1.30 bits per heavy atom. The van der Waals surface area contributed by atoms with Gasteiger partial charge in [0.15, 0.2) is 0 Å². The normalized spacial score (nSPS) is 11.7. The minimum Gasteiger partial charge on any atom is -0.481 e. The van der Waals surface area contributed by atoms with Crippen LogP contribution >= 0.6 is 15.9 Å². The number of amides is 1. The number of rotatable bonds is 6. The maximum absolute atomic E-state index is 13.5. The van der Waals surface area contributed by atoms with Crippen molar-refractivity contribution in [2.45, 2.75) is 18.9 Å². The van der Waals surface area contributed by atoms with Gasteiger partial charge in [0.25, 0.3) is 5.91 Å². The van der Waals surface area contributed by atoms with E-state index < -0.39 is 36.1 Å². The second kappa shape index (κ2) is 6.99. The molecule has 0 aliphatic rings. The first-order valence-corrected chi connectivity index (χ1v) is 6.31. The number of halogens is 2. The fourth-order valence-electron chi connectivity index (χ4n) is 1.47. The molecule has 0 aromatic heterocycles. The van der Waals surface area contributed by atoms with Gasteiger partial charge in [0.2, 0.25) is 0 Å². The summed E-state index contributed by atoms with van der Waals surface area (Å²) in [5, 5.41) is 19.5. The smallest absolute Gasteiger partial charge is 0.326 e. The lowest BCUT2D eigenvalue weighted by molar-refractivity contribution is -0.140. The van der Waals surface area contributed by atoms with E-state index >= 15 is 0 Å². The quantitative estimate of drug-likeness (QED) is 0.725. The number of carbonyl (C=O) groups is 3. The van der Waals surface area contributed by atoms with Crippen LogP contribution in [0.2, 0.25) is 0 Å². The van der Waals surface area contributed by atoms with Crippen molar-refractivity contribution < 1.29 is 29.0 Å². The lowest BCUT2D eigenvalue weighted by Crippen LogP contribution is -2.41. The number of carbonyl (C=O) groups excluding carboxylic acids is 1. The average molecular weight is 348 g/mol. The van der Waals surface area contributed by atoms with Gasteiger partial charge in [-0.25, -0.2) is 9.18 Å². The second-order valence-corrected chi connectivity index (χ2v) is 4.75. The highest BCUT2D eigenvalue weighted by Gasteiger charge is 2.24. The predicted molar refractivity (Wildman–Crippen MR) is 69.9 cm³/mol. The summed E-state index contributed by atoms with van der Waals surface area (Å²) in [4.78, 5) is 33.2. The molecular weight excluding hydrogens is 337 g/mol. The molecule has 1 rings (SSSR count). The van der Waals surface area contributed by atoms with Crippen molar-refractivity contribution >= 4 is 33.8 Å². The van der Waals surface area contributed by atoms with E-state index in [0.717, 1.165) is 6.07 Å². The van der Waals surface area contributed by atoms with Gasteiger partial charge in [-0.15, -0.1) is 0 Å². The van der Waals surface area contributed by atoms with E-state index in [1.54, 1.807) is 0 Å². The standard InChI is InChI=1S/C12H11BrFNO5/c13-6-2-1-3-7(14)10(6)11(18)15-8(12(19)20)4-5-9(16)17/h1-3,8H,4-5H2,(H,15,18)(H,16,17)(H,19,20)/t8-/m0/s1. The van der Waals surface area contributed by atoms with Gasteiger partial charge in [0, 0.05) is 10.9 Å². The van der Waals surface area contributed by atoms with Crippen molar-refractivity contribution in [1.82, 2.24) is 5.32 Å². The molecule has 1 aromatic rings. The van der Waals surface area contributed by atoms with Crippen LogP contribution < -0.4 is 5.32 Å². The van der Waals surface area contributed by atoms with Crippen LogP contribution in [0, 0.1) is 5.82 Å². The second-order valence-electron chi connectivity index (χ2n) is 3.89. The number of aliphatic carboxylic acids is 2. The van der Waals surface area contributed by atoms with Gasteiger partial charge < -0.3 is 15.5 Å². The largest absolute Gasteiger partial charge is 0.481 e. The molecular formula is C12H11BrFNO5. The Bertz CT molecular complexity index is 528. The van der Waals surface area contributed by atoms with E-state index in [1.807, 2.05) is 0 Å². The van der Waals surface area contributed by atoms with Gasteiger partial charge in [0.1, 0.15) is 11.9 Å². The minimum atomic E-state index is -1.40. The fraction of sp³-hybridized carbons (Fsp3) is 0.250. The Morgan fingerprint density at radius 3 is 2.45 bits per heavy atom. The molecule has 0 heterocycles. The Kier molecular flexibility index (Phi) is 5.63. The van der Waals surface area contributed by atoms with Crippen molar-refractivity contribution in [1.29, 1.82) is 0 Å². The van der Waals surface area contributed by atoms with Crippen LogP contribution in [0.25, 0.3) is 0 Å². The van der Waals surface area contributed by atoms with Gasteiger partial charge in [-0.2, -0.15) is 0 Å². The zero-order chi connectivity index (χ0) is 15.3. The van der Waals surface area contributed by atoms with E-state index in [4.69, 9.17) is 10.2 Å². The molecule has 3 N–H and O–H groups in total. The Morgan fingerprint density at radius 2 is 1.95 bits per heavy atom. The predicted octanol–water partition coefficient (Wildman–Crippen LogP) is 1.64. The fourth-order valence-corrected chi connectivity index (χ4v) is 1.99. The lowest BCUT2D eigenvalue weighted by Gasteiger charge is -2.14. The SMILES string of the molecule is O=C(O)CC[C@H](NC(=O)c1c(F)cccc1Br)C(=O)O. The summed E-state index contributed by atoms with van der Waals surface area (Å²) in [6, 6.07) is 2.48. The van der Waals surface area contributed by atoms with Crippen LogP contribution in [-0.2, 0) is 9.59 Å². The highest BCUT2D eigenvalue weighted by Crippen LogP contribution is 2.19. The summed E-state index contributed by atoms with van der Waals surface area (Å²) in [6.45, 7) is 0. The molecule has 20 heavy (non-hydrogen) atoms. The Labute approximate surface area is 121 Å². The molecule has 6 nitrogen and oxygen atoms in total. The van der Waals surface area contributed by atoms with E-state index in [1.165, 1.54) is 12.1 Å². The van der Waals surface area contributed by atoms with E-state index in [-0.39, 0.29) is 16.5 Å². The molecule has 0 spiro atoms. The number of benzene rings is 1. The zero-order valence-corrected chi connectivity index (χ0v) is 11.7. The third-order valence-corrected chi connectivity index (χ3v) is 3.10. The van der Waals surface area contributed by atoms with E-state index in [9.17, 15) is 18.8 Å². The first-order chi connectivity index (χ1) is 9.32. The summed E-state index contributed by atoms with van der Waals surface area (Å²) < 4.78 is 13.7. The molecule has 108 valence electrons. The molecule has 0 saturated carbocycles. The van der Waals surface area contributed by atoms with Crippen LogP contribution in [0.4, 0.5) is 4.39 Å². The van der Waals surface area contributed by atoms with Crippen LogP contribution in [0.15, 0.2) is 22.7 Å². The first kappa shape index (κ1) is 16.1. The topological polar surface area (TPSA) is 104 Å². The molecule has 0 unspecified atom stereocenters. The minimum absolute atomic E-state index is 0.178. The monoisotopic (exact) mass is 347 g/mol. The van der Waals surface area contributed by atoms with Crippen molar-refractivity contribution in [2.75, 3.05) is 0 Å². The van der Waals surface area contributed by atoms with Crippen molar-refractivity contribution in [3.8, 4) is 0 Å². The average Bonchev–Trinajstić information content (AvgIpc) is 2.33. The van der Waals surface area contributed by atoms with Crippen molar-refractivity contribution in [3.05, 3.63) is 34.1 Å². The van der Waals surface area contributed by atoms with Gasteiger partial charge >= 0.3 is 11.9 Å². The molecule has 0 saturated heterocycles. The van der Waals surface area contributed by atoms with Gasteiger partial charge in [-0.05, 0) is 34.5 Å². The van der Waals surface area contributed by atoms with E-state index in [2.05, 4.69) is 21.2 Å². The van der Waals surface area contributed by atoms with Crippen LogP contribution in [-0.4, -0.2) is 34.1 Å². The molecule has 1 atom stereocenters. The molecule has 0 fully saturated rings. The van der Waals surface area contributed by atoms with Crippen molar-refractivity contribution in [2.24, 2.45) is 0 Å². The summed E-state index contributed by atoms with van der Waals surface area (Å²) in [5.74, 6) is -4.29. The van der Waals surface area contributed by atoms with E-state index in [0.29, 0.717) is 0 Å². The Hall–Kier alpha value is -1.96. The van der Waals surface area contributed by atoms with Crippen molar-refractivity contribution in [3.63, 3.8) is 0 Å². The number of hydrogen-bond donors (Lipinski definition) is 3. The van der Waals surface area contributed by atoms with Gasteiger partial charge in [0.05, 0.1) is 5.56 Å². The van der Waals surface area contributed by atoms with Gasteiger partial charge in [-0.3, -0.25) is 9.59 Å². The third kappa shape index (κ3) is 4.30. The maximum Gasteiger partial charge on any atom is 0.326 e. The number of carboxylic acid groups (broad SMARTS) is 2. The summed E-state index contributed by atoms with van der Waals surface area (Å²) >= 11 is 2.99. The highest BCUT2D eigenvalue weighted by molar-refractivity contribution is 9.10. The molecule has 0 bridgehead atoms. The summed E-state index contributed by atoms with van der Waals surface area (Å²) in [5.41, 5.74) is -0.325. The highest BCUT2D eigenvalue weighted by atomic mass is 79.9. The van der Waals surface area contributed by atoms with Crippen LogP contribution in [0.1, 0.15) is 23.2 Å². The molecule has 1 amide bonds. The first-order valence-electron chi connectivity index (χ1n) is 5.52. The molecule has 0 aliphatic heterocycles. The summed E-state index contributed by atoms with van der Waals surface area (Å²) in [6.07, 6.45) is -0.710. The number of hydrogen-bond acceptors (Lipinski definition) is 3. The van der Waals surface area contributed by atoms with Crippen LogP contribution in [0.3, 0.4) is 0 Å².